The van der Waals surface area contributed by atoms with Crippen molar-refractivity contribution in [2.75, 3.05) is 18.3 Å². The van der Waals surface area contributed by atoms with Crippen LogP contribution in [0.1, 0.15) is 0 Å². The number of ether oxygens (including phenoxy) is 1. The van der Waals surface area contributed by atoms with E-state index >= 15 is 0 Å². The Hall–Kier alpha value is -0.760. The molecule has 2 aromatic rings. The van der Waals surface area contributed by atoms with E-state index in [1.807, 2.05) is 0 Å². The van der Waals surface area contributed by atoms with Gasteiger partial charge in [0.25, 0.3) is 0 Å². The monoisotopic (exact) mass is 387 g/mol. The van der Waals surface area contributed by atoms with Crippen LogP contribution in [0.4, 0.5) is 5.13 Å². The van der Waals surface area contributed by atoms with Crippen LogP contribution in [-0.2, 0) is 20.0 Å². The van der Waals surface area contributed by atoms with Crippen molar-refractivity contribution < 1.29 is 55.7 Å². The van der Waals surface area contributed by atoms with Gasteiger partial charge in [-0.15, -0.1) is 10.2 Å². The van der Waals surface area contributed by atoms with E-state index in [9.17, 15) is 21.4 Å². The molecule has 23 heavy (non-hydrogen) atoms. The molecular formula is C10H10N3NaO6S3. The fraction of sp³-hybridized carbons (Fsp3) is 0.200. The Morgan fingerprint density at radius 2 is 1.96 bits per heavy atom. The quantitative estimate of drug-likeness (QED) is 0.319. The molecule has 13 heteroatoms. The molecule has 9 nitrogen and oxygen atoms in total. The van der Waals surface area contributed by atoms with Crippen LogP contribution in [0.15, 0.2) is 33.5 Å². The third-order valence-corrected chi connectivity index (χ3v) is 5.66. The van der Waals surface area contributed by atoms with Crippen LogP contribution in [0, 0.1) is 0 Å². The molecule has 0 atom stereocenters. The summed E-state index contributed by atoms with van der Waals surface area (Å²) in [5.41, 5.74) is 0. The standard InChI is InChI=1S/C10H11N3O6S3.Na/c1-21(14,15)10-13-12-9(20-10)11-6-19-7-3-2-4-8(5-7)22(16,17)18;/h2-5H,6H2,1H3,(H,11,12)(H,16,17,18);/q;+1/p-1. The topological polar surface area (TPSA) is 138 Å². The summed E-state index contributed by atoms with van der Waals surface area (Å²) in [5, 5.41) is 10.0. The molecule has 0 amide bonds. The van der Waals surface area contributed by atoms with Gasteiger partial charge in [0.1, 0.15) is 15.9 Å². The van der Waals surface area contributed by atoms with E-state index in [2.05, 4.69) is 15.5 Å². The van der Waals surface area contributed by atoms with Gasteiger partial charge in [-0.1, -0.05) is 17.4 Å². The minimum atomic E-state index is -4.55. The van der Waals surface area contributed by atoms with Crippen molar-refractivity contribution in [2.24, 2.45) is 0 Å². The second-order valence-electron chi connectivity index (χ2n) is 4.04. The Bertz CT molecular complexity index is 881. The molecule has 0 aliphatic carbocycles. The number of aromatic nitrogens is 2. The van der Waals surface area contributed by atoms with Gasteiger partial charge < -0.3 is 14.6 Å². The third kappa shape index (κ3) is 5.99. The van der Waals surface area contributed by atoms with E-state index in [0.29, 0.717) is 0 Å². The van der Waals surface area contributed by atoms with E-state index < -0.39 is 24.9 Å². The summed E-state index contributed by atoms with van der Waals surface area (Å²) in [7, 11) is -7.97. The first-order valence-electron chi connectivity index (χ1n) is 5.62. The summed E-state index contributed by atoms with van der Waals surface area (Å²) in [6.07, 6.45) is 1.02. The van der Waals surface area contributed by atoms with Crippen LogP contribution in [0.5, 0.6) is 5.75 Å². The zero-order chi connectivity index (χ0) is 16.4. The van der Waals surface area contributed by atoms with Gasteiger partial charge in [-0.05, 0) is 18.2 Å². The summed E-state index contributed by atoms with van der Waals surface area (Å²) in [5.74, 6) is 0.164. The maximum Gasteiger partial charge on any atom is 1.00 e. The second kappa shape index (κ2) is 7.88. The number of hydrogen-bond donors (Lipinski definition) is 1. The molecule has 0 aliphatic heterocycles. The number of benzene rings is 1. The van der Waals surface area contributed by atoms with Crippen molar-refractivity contribution in [3.63, 3.8) is 0 Å². The molecule has 1 aromatic carbocycles. The largest absolute Gasteiger partial charge is 1.00 e. The minimum absolute atomic E-state index is 0. The van der Waals surface area contributed by atoms with Gasteiger partial charge in [0.05, 0.1) is 4.90 Å². The third-order valence-electron chi connectivity index (χ3n) is 2.28. The Morgan fingerprint density at radius 3 is 2.52 bits per heavy atom. The molecule has 0 bridgehead atoms. The SMILES string of the molecule is CS(=O)(=O)c1nnc(NCOc2cccc(S(=O)(=O)[O-])c2)s1.[Na+]. The van der Waals surface area contributed by atoms with Crippen molar-refractivity contribution in [2.45, 2.75) is 9.24 Å². The van der Waals surface area contributed by atoms with E-state index in [1.54, 1.807) is 0 Å². The first-order valence-corrected chi connectivity index (χ1v) is 9.74. The van der Waals surface area contributed by atoms with Gasteiger partial charge >= 0.3 is 29.6 Å². The first kappa shape index (κ1) is 20.3. The molecule has 1 heterocycles. The number of rotatable bonds is 6. The summed E-state index contributed by atoms with van der Waals surface area (Å²) in [6.45, 7) is -0.110. The summed E-state index contributed by atoms with van der Waals surface area (Å²) in [4.78, 5) is -0.403. The molecule has 0 saturated heterocycles. The average molecular weight is 387 g/mol. The Morgan fingerprint density at radius 1 is 1.26 bits per heavy atom. The van der Waals surface area contributed by atoms with Crippen LogP contribution in [-0.4, -0.2) is 44.6 Å². The van der Waals surface area contributed by atoms with Crippen LogP contribution in [0.25, 0.3) is 0 Å². The van der Waals surface area contributed by atoms with Gasteiger partial charge in [-0.3, -0.25) is 0 Å². The van der Waals surface area contributed by atoms with E-state index in [0.717, 1.165) is 29.7 Å². The maximum absolute atomic E-state index is 11.2. The Balaban J connectivity index is 0.00000264. The molecule has 0 radical (unpaired) electrons. The number of nitrogens with one attached hydrogen (secondary N) is 1. The van der Waals surface area contributed by atoms with Crippen molar-refractivity contribution in [1.82, 2.24) is 10.2 Å². The smallest absolute Gasteiger partial charge is 0.744 e. The van der Waals surface area contributed by atoms with Gasteiger partial charge in [0, 0.05) is 6.26 Å². The predicted molar refractivity (Wildman–Crippen MR) is 76.5 cm³/mol. The number of anilines is 1. The van der Waals surface area contributed by atoms with Crippen LogP contribution < -0.4 is 39.6 Å². The number of nitrogens with zero attached hydrogens (tertiary/aromatic N) is 2. The van der Waals surface area contributed by atoms with Crippen molar-refractivity contribution in [1.29, 1.82) is 0 Å². The van der Waals surface area contributed by atoms with Crippen LogP contribution in [0.2, 0.25) is 0 Å². The van der Waals surface area contributed by atoms with Crippen molar-refractivity contribution in [3.05, 3.63) is 24.3 Å². The van der Waals surface area contributed by atoms with Gasteiger partial charge in [0.2, 0.25) is 19.3 Å². The second-order valence-corrected chi connectivity index (χ2v) is 8.59. The van der Waals surface area contributed by atoms with E-state index in [-0.39, 0.29) is 51.5 Å². The molecule has 1 aromatic heterocycles. The molecule has 0 unspecified atom stereocenters. The van der Waals surface area contributed by atoms with Gasteiger partial charge in [-0.25, -0.2) is 16.8 Å². The molecule has 1 N–H and O–H groups in total. The van der Waals surface area contributed by atoms with Crippen molar-refractivity contribution >= 4 is 36.4 Å². The summed E-state index contributed by atoms with van der Waals surface area (Å²) in [6, 6.07) is 5.09. The predicted octanol–water partition coefficient (Wildman–Crippen LogP) is -2.70. The van der Waals surface area contributed by atoms with Crippen LogP contribution in [0.3, 0.4) is 0 Å². The number of hydrogen-bond acceptors (Lipinski definition) is 10. The zero-order valence-electron chi connectivity index (χ0n) is 12.1. The summed E-state index contributed by atoms with van der Waals surface area (Å²) < 4.78 is 60.2. The summed E-state index contributed by atoms with van der Waals surface area (Å²) >= 11 is 0.835. The minimum Gasteiger partial charge on any atom is -0.744 e. The first-order chi connectivity index (χ1) is 10.2. The Labute approximate surface area is 159 Å². The molecule has 0 saturated carbocycles. The molecular weight excluding hydrogens is 377 g/mol. The maximum atomic E-state index is 11.2. The zero-order valence-corrected chi connectivity index (χ0v) is 16.5. The van der Waals surface area contributed by atoms with Gasteiger partial charge in [-0.2, -0.15) is 0 Å². The molecule has 0 fully saturated rings. The van der Waals surface area contributed by atoms with Crippen LogP contribution >= 0.6 is 11.3 Å². The molecule has 0 spiro atoms. The normalized spacial score (nSPS) is 11.6. The van der Waals surface area contributed by atoms with Crippen molar-refractivity contribution in [3.8, 4) is 5.75 Å². The van der Waals surface area contributed by atoms with E-state index in [4.69, 9.17) is 4.74 Å². The average Bonchev–Trinajstić information content (AvgIpc) is 2.87. The fourth-order valence-electron chi connectivity index (χ4n) is 1.33. The molecule has 120 valence electrons. The van der Waals surface area contributed by atoms with Gasteiger partial charge in [0.15, 0.2) is 6.73 Å². The fourth-order valence-corrected chi connectivity index (χ4v) is 3.33. The molecule has 0 aliphatic rings. The molecule has 2 rings (SSSR count). The number of sulfone groups is 1. The van der Waals surface area contributed by atoms with E-state index in [1.165, 1.54) is 12.1 Å². The Kier molecular flexibility index (Phi) is 6.95.